The smallest absolute Gasteiger partial charge is 0.257 e. The van der Waals surface area contributed by atoms with Crippen molar-refractivity contribution in [1.29, 1.82) is 0 Å². The molecule has 2 saturated heterocycles. The van der Waals surface area contributed by atoms with Crippen molar-refractivity contribution in [2.75, 3.05) is 19.6 Å². The Hall–Kier alpha value is -1.66. The summed E-state index contributed by atoms with van der Waals surface area (Å²) >= 11 is 5.83. The predicted octanol–water partition coefficient (Wildman–Crippen LogP) is 2.25. The SMILES string of the molecule is O=C(c1cc(Cl)ccc1F)N1CC2(CC(=O)N(CC3CC3)O2)C1. The van der Waals surface area contributed by atoms with Crippen molar-refractivity contribution >= 4 is 23.4 Å². The maximum atomic E-state index is 13.8. The van der Waals surface area contributed by atoms with Gasteiger partial charge < -0.3 is 4.90 Å². The van der Waals surface area contributed by atoms with Crippen LogP contribution in [0.3, 0.4) is 0 Å². The number of rotatable bonds is 3. The molecule has 1 spiro atoms. The molecule has 7 heteroatoms. The van der Waals surface area contributed by atoms with Crippen LogP contribution in [0.2, 0.25) is 5.02 Å². The van der Waals surface area contributed by atoms with E-state index in [9.17, 15) is 14.0 Å². The highest BCUT2D eigenvalue weighted by molar-refractivity contribution is 6.31. The van der Waals surface area contributed by atoms with Crippen molar-refractivity contribution in [2.45, 2.75) is 24.9 Å². The van der Waals surface area contributed by atoms with Gasteiger partial charge in [0.1, 0.15) is 11.4 Å². The summed E-state index contributed by atoms with van der Waals surface area (Å²) in [5.74, 6) is -0.503. The number of amides is 2. The highest BCUT2D eigenvalue weighted by atomic mass is 35.5. The fourth-order valence-electron chi connectivity index (χ4n) is 3.15. The topological polar surface area (TPSA) is 49.9 Å². The number of benzene rings is 1. The van der Waals surface area contributed by atoms with Crippen LogP contribution in [0.25, 0.3) is 0 Å². The van der Waals surface area contributed by atoms with Gasteiger partial charge >= 0.3 is 0 Å². The predicted molar refractivity (Wildman–Crippen MR) is 80.2 cm³/mol. The summed E-state index contributed by atoms with van der Waals surface area (Å²) in [6.45, 7) is 1.23. The van der Waals surface area contributed by atoms with Crippen LogP contribution in [-0.4, -0.2) is 47.0 Å². The first-order chi connectivity index (χ1) is 11.0. The third kappa shape index (κ3) is 2.70. The van der Waals surface area contributed by atoms with Crippen molar-refractivity contribution in [2.24, 2.45) is 5.92 Å². The number of halogens is 2. The van der Waals surface area contributed by atoms with Gasteiger partial charge in [0.25, 0.3) is 5.91 Å². The third-order valence-electron chi connectivity index (χ3n) is 4.58. The summed E-state index contributed by atoms with van der Waals surface area (Å²) in [7, 11) is 0. The van der Waals surface area contributed by atoms with E-state index in [0.717, 1.165) is 12.8 Å². The van der Waals surface area contributed by atoms with E-state index in [-0.39, 0.29) is 17.9 Å². The molecule has 4 rings (SSSR count). The third-order valence-corrected chi connectivity index (χ3v) is 4.82. The average molecular weight is 339 g/mol. The van der Waals surface area contributed by atoms with Crippen molar-refractivity contribution in [3.8, 4) is 0 Å². The van der Waals surface area contributed by atoms with Gasteiger partial charge in [-0.3, -0.25) is 14.4 Å². The molecular weight excluding hydrogens is 323 g/mol. The molecule has 3 aliphatic rings. The molecule has 1 aliphatic carbocycles. The summed E-state index contributed by atoms with van der Waals surface area (Å²) in [5, 5.41) is 1.76. The molecule has 122 valence electrons. The zero-order chi connectivity index (χ0) is 16.2. The number of likely N-dealkylation sites (tertiary alicyclic amines) is 1. The van der Waals surface area contributed by atoms with E-state index in [1.165, 1.54) is 28.2 Å². The zero-order valence-electron chi connectivity index (χ0n) is 12.4. The second kappa shape index (κ2) is 5.18. The largest absolute Gasteiger partial charge is 0.332 e. The molecular formula is C16H16ClFN2O3. The number of hydroxylamine groups is 2. The Labute approximate surface area is 137 Å². The summed E-state index contributed by atoms with van der Waals surface area (Å²) in [5.41, 5.74) is -0.678. The van der Waals surface area contributed by atoms with Crippen LogP contribution in [0, 0.1) is 11.7 Å². The minimum atomic E-state index is -0.628. The van der Waals surface area contributed by atoms with Gasteiger partial charge in [-0.15, -0.1) is 0 Å². The molecule has 2 heterocycles. The number of carbonyl (C=O) groups is 2. The van der Waals surface area contributed by atoms with Crippen LogP contribution in [0.1, 0.15) is 29.6 Å². The van der Waals surface area contributed by atoms with E-state index < -0.39 is 17.3 Å². The lowest BCUT2D eigenvalue weighted by molar-refractivity contribution is -0.230. The van der Waals surface area contributed by atoms with Crippen molar-refractivity contribution in [3.63, 3.8) is 0 Å². The van der Waals surface area contributed by atoms with Crippen LogP contribution in [0.4, 0.5) is 4.39 Å². The quantitative estimate of drug-likeness (QED) is 0.849. The highest BCUT2D eigenvalue weighted by Crippen LogP contribution is 2.39. The number of hydrogen-bond donors (Lipinski definition) is 0. The van der Waals surface area contributed by atoms with Crippen LogP contribution < -0.4 is 0 Å². The Bertz CT molecular complexity index is 686. The molecule has 23 heavy (non-hydrogen) atoms. The van der Waals surface area contributed by atoms with E-state index in [4.69, 9.17) is 16.4 Å². The number of hydrogen-bond acceptors (Lipinski definition) is 3. The van der Waals surface area contributed by atoms with Crippen molar-refractivity contribution in [1.82, 2.24) is 9.96 Å². The van der Waals surface area contributed by atoms with Crippen LogP contribution >= 0.6 is 11.6 Å². The Kier molecular flexibility index (Phi) is 3.35. The van der Waals surface area contributed by atoms with Gasteiger partial charge in [0.05, 0.1) is 31.6 Å². The van der Waals surface area contributed by atoms with Crippen molar-refractivity contribution in [3.05, 3.63) is 34.6 Å². The maximum Gasteiger partial charge on any atom is 0.257 e. The second-order valence-corrected chi connectivity index (χ2v) is 7.07. The Balaban J connectivity index is 1.42. The van der Waals surface area contributed by atoms with Gasteiger partial charge in [0.2, 0.25) is 5.91 Å². The van der Waals surface area contributed by atoms with Gasteiger partial charge in [0.15, 0.2) is 0 Å². The molecule has 0 bridgehead atoms. The second-order valence-electron chi connectivity index (χ2n) is 6.63. The summed E-state index contributed by atoms with van der Waals surface area (Å²) in [6.07, 6.45) is 2.55. The molecule has 2 aliphatic heterocycles. The standard InChI is InChI=1S/C16H16ClFN2O3/c17-11-3-4-13(18)12(5-11)15(22)19-8-16(9-19)6-14(21)20(23-16)7-10-1-2-10/h3-5,10H,1-2,6-9H2. The van der Waals surface area contributed by atoms with Gasteiger partial charge in [-0.05, 0) is 37.0 Å². The molecule has 1 aromatic carbocycles. The average Bonchev–Trinajstić information content (AvgIpc) is 3.22. The molecule has 5 nitrogen and oxygen atoms in total. The normalized spacial score (nSPS) is 22.6. The lowest BCUT2D eigenvalue weighted by Crippen LogP contribution is -2.63. The molecule has 1 saturated carbocycles. The molecule has 2 amide bonds. The van der Waals surface area contributed by atoms with Crippen LogP contribution in [0.5, 0.6) is 0 Å². The summed E-state index contributed by atoms with van der Waals surface area (Å²) in [4.78, 5) is 31.7. The van der Waals surface area contributed by atoms with Crippen molar-refractivity contribution < 1.29 is 18.8 Å². The van der Waals surface area contributed by atoms with Gasteiger partial charge in [-0.25, -0.2) is 9.45 Å². The van der Waals surface area contributed by atoms with E-state index in [2.05, 4.69) is 0 Å². The molecule has 0 aromatic heterocycles. The van der Waals surface area contributed by atoms with Crippen LogP contribution in [0.15, 0.2) is 18.2 Å². The Morgan fingerprint density at radius 1 is 1.39 bits per heavy atom. The first kappa shape index (κ1) is 14.9. The fourth-order valence-corrected chi connectivity index (χ4v) is 3.32. The van der Waals surface area contributed by atoms with E-state index >= 15 is 0 Å². The molecule has 0 unspecified atom stereocenters. The Morgan fingerprint density at radius 3 is 2.83 bits per heavy atom. The highest BCUT2D eigenvalue weighted by Gasteiger charge is 2.55. The molecule has 1 aromatic rings. The maximum absolute atomic E-state index is 13.8. The zero-order valence-corrected chi connectivity index (χ0v) is 13.2. The first-order valence-electron chi connectivity index (χ1n) is 7.70. The van der Waals surface area contributed by atoms with E-state index in [1.807, 2.05) is 0 Å². The summed E-state index contributed by atoms with van der Waals surface area (Å²) < 4.78 is 13.8. The Morgan fingerprint density at radius 2 is 2.13 bits per heavy atom. The van der Waals surface area contributed by atoms with E-state index in [0.29, 0.717) is 30.6 Å². The summed E-state index contributed by atoms with van der Waals surface area (Å²) in [6, 6.07) is 3.90. The molecule has 3 fully saturated rings. The number of carbonyl (C=O) groups excluding carboxylic acids is 2. The minimum Gasteiger partial charge on any atom is -0.332 e. The first-order valence-corrected chi connectivity index (χ1v) is 8.07. The van der Waals surface area contributed by atoms with Gasteiger partial charge in [-0.1, -0.05) is 11.6 Å². The van der Waals surface area contributed by atoms with Gasteiger partial charge in [0, 0.05) is 5.02 Å². The van der Waals surface area contributed by atoms with Crippen LogP contribution in [-0.2, 0) is 9.63 Å². The monoisotopic (exact) mass is 338 g/mol. The number of nitrogens with zero attached hydrogens (tertiary/aromatic N) is 2. The molecule has 0 atom stereocenters. The lowest BCUT2D eigenvalue weighted by Gasteiger charge is -2.45. The molecule has 0 radical (unpaired) electrons. The fraction of sp³-hybridized carbons (Fsp3) is 0.500. The lowest BCUT2D eigenvalue weighted by atomic mass is 9.90. The van der Waals surface area contributed by atoms with E-state index in [1.54, 1.807) is 0 Å². The molecule has 0 N–H and O–H groups in total. The minimum absolute atomic E-state index is 0.0297. The van der Waals surface area contributed by atoms with Gasteiger partial charge in [-0.2, -0.15) is 0 Å².